The molecule has 0 fully saturated rings. The van der Waals surface area contributed by atoms with Crippen molar-refractivity contribution in [2.45, 2.75) is 13.2 Å². The maximum Gasteiger partial charge on any atom is 0.209 e. The number of ether oxygens (including phenoxy) is 1. The Morgan fingerprint density at radius 2 is 1.70 bits per heavy atom. The van der Waals surface area contributed by atoms with Gasteiger partial charge in [0.2, 0.25) is 10.0 Å². The van der Waals surface area contributed by atoms with Gasteiger partial charge in [0.25, 0.3) is 0 Å². The molecule has 0 aliphatic rings. The monoisotopic (exact) mass is 291 g/mol. The Labute approximate surface area is 119 Å². The van der Waals surface area contributed by atoms with Crippen LogP contribution >= 0.6 is 0 Å². The number of hydrogen-bond acceptors (Lipinski definition) is 3. The molecule has 0 heterocycles. The molecule has 0 aliphatic heterocycles. The van der Waals surface area contributed by atoms with Gasteiger partial charge in [0, 0.05) is 6.54 Å². The molecule has 2 aromatic rings. The van der Waals surface area contributed by atoms with Crippen LogP contribution in [0.25, 0.3) is 0 Å². The Hall–Kier alpha value is -1.85. The average molecular weight is 291 g/mol. The Kier molecular flexibility index (Phi) is 4.76. The highest BCUT2D eigenvalue weighted by Gasteiger charge is 2.02. The quantitative estimate of drug-likeness (QED) is 0.888. The van der Waals surface area contributed by atoms with E-state index in [1.54, 1.807) is 0 Å². The zero-order chi connectivity index (χ0) is 14.4. The first-order valence-electron chi connectivity index (χ1n) is 6.23. The van der Waals surface area contributed by atoms with Gasteiger partial charge in [0.1, 0.15) is 12.4 Å². The molecule has 0 aromatic heterocycles. The molecular weight excluding hydrogens is 274 g/mol. The number of benzene rings is 2. The highest BCUT2D eigenvalue weighted by molar-refractivity contribution is 7.88. The molecule has 2 rings (SSSR count). The van der Waals surface area contributed by atoms with Gasteiger partial charge in [-0.05, 0) is 23.3 Å². The van der Waals surface area contributed by atoms with Crippen LogP contribution in [0.4, 0.5) is 0 Å². The second-order valence-corrected chi connectivity index (χ2v) is 6.35. The first-order chi connectivity index (χ1) is 9.53. The van der Waals surface area contributed by atoms with E-state index in [0.717, 1.165) is 23.1 Å². The van der Waals surface area contributed by atoms with Crippen molar-refractivity contribution in [1.29, 1.82) is 0 Å². The summed E-state index contributed by atoms with van der Waals surface area (Å²) >= 11 is 0. The van der Waals surface area contributed by atoms with Gasteiger partial charge >= 0.3 is 0 Å². The fraction of sp³-hybridized carbons (Fsp3) is 0.200. The maximum atomic E-state index is 11.1. The molecule has 1 N–H and O–H groups in total. The summed E-state index contributed by atoms with van der Waals surface area (Å²) in [6, 6.07) is 17.3. The number of sulfonamides is 1. The zero-order valence-corrected chi connectivity index (χ0v) is 12.1. The Morgan fingerprint density at radius 1 is 1.00 bits per heavy atom. The van der Waals surface area contributed by atoms with Crippen molar-refractivity contribution in [3.05, 3.63) is 65.7 Å². The van der Waals surface area contributed by atoms with Crippen molar-refractivity contribution in [1.82, 2.24) is 4.72 Å². The molecule has 2 aromatic carbocycles. The third-order valence-corrected chi connectivity index (χ3v) is 3.35. The highest BCUT2D eigenvalue weighted by atomic mass is 32.2. The summed E-state index contributed by atoms with van der Waals surface area (Å²) in [5, 5.41) is 0. The van der Waals surface area contributed by atoms with Crippen LogP contribution in [0.1, 0.15) is 11.1 Å². The molecule has 0 amide bonds. The maximum absolute atomic E-state index is 11.1. The van der Waals surface area contributed by atoms with E-state index in [1.165, 1.54) is 0 Å². The summed E-state index contributed by atoms with van der Waals surface area (Å²) in [7, 11) is -3.18. The molecule has 0 saturated carbocycles. The third kappa shape index (κ3) is 5.03. The predicted octanol–water partition coefficient (Wildman–Crippen LogP) is 2.31. The van der Waals surface area contributed by atoms with E-state index in [0.29, 0.717) is 6.61 Å². The van der Waals surface area contributed by atoms with Gasteiger partial charge in [0.15, 0.2) is 0 Å². The molecule has 0 unspecified atom stereocenters. The molecule has 0 radical (unpaired) electrons. The van der Waals surface area contributed by atoms with Gasteiger partial charge in [-0.2, -0.15) is 0 Å². The van der Waals surface area contributed by atoms with E-state index in [1.807, 2.05) is 54.6 Å². The van der Waals surface area contributed by atoms with Gasteiger partial charge in [0.05, 0.1) is 6.26 Å². The smallest absolute Gasteiger partial charge is 0.209 e. The van der Waals surface area contributed by atoms with Crippen LogP contribution in [0.15, 0.2) is 54.6 Å². The second-order valence-electron chi connectivity index (χ2n) is 4.51. The topological polar surface area (TPSA) is 55.4 Å². The van der Waals surface area contributed by atoms with Crippen molar-refractivity contribution in [3.63, 3.8) is 0 Å². The highest BCUT2D eigenvalue weighted by Crippen LogP contribution is 2.15. The van der Waals surface area contributed by atoms with Crippen molar-refractivity contribution in [3.8, 4) is 5.75 Å². The number of nitrogens with one attached hydrogen (secondary N) is 1. The van der Waals surface area contributed by atoms with Crippen molar-refractivity contribution < 1.29 is 13.2 Å². The van der Waals surface area contributed by atoms with E-state index < -0.39 is 10.0 Å². The normalized spacial score (nSPS) is 11.2. The summed E-state index contributed by atoms with van der Waals surface area (Å²) in [5.74, 6) is 0.724. The van der Waals surface area contributed by atoms with Crippen LogP contribution in [-0.2, 0) is 23.2 Å². The average Bonchev–Trinajstić information content (AvgIpc) is 2.44. The predicted molar refractivity (Wildman–Crippen MR) is 78.9 cm³/mol. The van der Waals surface area contributed by atoms with E-state index in [2.05, 4.69) is 4.72 Å². The lowest BCUT2D eigenvalue weighted by molar-refractivity contribution is 0.306. The van der Waals surface area contributed by atoms with Crippen LogP contribution in [0.3, 0.4) is 0 Å². The molecule has 5 heteroatoms. The standard InChI is InChI=1S/C15H17NO3S/c1-20(17,18)16-11-14-8-5-9-15(10-14)19-12-13-6-3-2-4-7-13/h2-10,16H,11-12H2,1H3. The summed E-state index contributed by atoms with van der Waals surface area (Å²) in [4.78, 5) is 0. The largest absolute Gasteiger partial charge is 0.489 e. The van der Waals surface area contributed by atoms with Crippen LogP contribution in [0.2, 0.25) is 0 Å². The van der Waals surface area contributed by atoms with Gasteiger partial charge in [-0.3, -0.25) is 0 Å². The van der Waals surface area contributed by atoms with Crippen LogP contribution in [-0.4, -0.2) is 14.7 Å². The summed E-state index contributed by atoms with van der Waals surface area (Å²) < 4.78 is 30.3. The SMILES string of the molecule is CS(=O)(=O)NCc1cccc(OCc2ccccc2)c1. The lowest BCUT2D eigenvalue weighted by Gasteiger charge is -2.08. The van der Waals surface area contributed by atoms with Gasteiger partial charge in [-0.15, -0.1) is 0 Å². The first kappa shape index (κ1) is 14.6. The molecule has 0 bridgehead atoms. The fourth-order valence-corrected chi connectivity index (χ4v) is 2.13. The Morgan fingerprint density at radius 3 is 2.40 bits per heavy atom. The summed E-state index contributed by atoms with van der Waals surface area (Å²) in [6.45, 7) is 0.755. The molecule has 20 heavy (non-hydrogen) atoms. The lowest BCUT2D eigenvalue weighted by atomic mass is 10.2. The second kappa shape index (κ2) is 6.54. The van der Waals surface area contributed by atoms with Crippen LogP contribution < -0.4 is 9.46 Å². The van der Waals surface area contributed by atoms with Crippen LogP contribution in [0, 0.1) is 0 Å². The number of rotatable bonds is 6. The first-order valence-corrected chi connectivity index (χ1v) is 8.12. The minimum Gasteiger partial charge on any atom is -0.489 e. The minimum atomic E-state index is -3.18. The Bertz CT molecular complexity index is 654. The molecule has 0 aliphatic carbocycles. The molecular formula is C15H17NO3S. The van der Waals surface area contributed by atoms with Crippen molar-refractivity contribution >= 4 is 10.0 Å². The summed E-state index contributed by atoms with van der Waals surface area (Å²) in [5.41, 5.74) is 1.95. The summed E-state index contributed by atoms with van der Waals surface area (Å²) in [6.07, 6.45) is 1.14. The number of hydrogen-bond donors (Lipinski definition) is 1. The van der Waals surface area contributed by atoms with Crippen molar-refractivity contribution in [2.75, 3.05) is 6.26 Å². The van der Waals surface area contributed by atoms with E-state index >= 15 is 0 Å². The molecule has 0 saturated heterocycles. The zero-order valence-electron chi connectivity index (χ0n) is 11.2. The third-order valence-electron chi connectivity index (χ3n) is 2.69. The van der Waals surface area contributed by atoms with Gasteiger partial charge < -0.3 is 4.74 Å². The van der Waals surface area contributed by atoms with Gasteiger partial charge in [-0.1, -0.05) is 42.5 Å². The van der Waals surface area contributed by atoms with Crippen LogP contribution in [0.5, 0.6) is 5.75 Å². The fourth-order valence-electron chi connectivity index (χ4n) is 1.70. The van der Waals surface area contributed by atoms with E-state index in [-0.39, 0.29) is 6.54 Å². The molecule has 0 spiro atoms. The van der Waals surface area contributed by atoms with Gasteiger partial charge in [-0.25, -0.2) is 13.1 Å². The van der Waals surface area contributed by atoms with Crippen molar-refractivity contribution in [2.24, 2.45) is 0 Å². The van der Waals surface area contributed by atoms with E-state index in [9.17, 15) is 8.42 Å². The molecule has 0 atom stereocenters. The lowest BCUT2D eigenvalue weighted by Crippen LogP contribution is -2.21. The molecule has 4 nitrogen and oxygen atoms in total. The Balaban J connectivity index is 1.96. The van der Waals surface area contributed by atoms with E-state index in [4.69, 9.17) is 4.74 Å². The molecule has 106 valence electrons. The minimum absolute atomic E-state index is 0.265.